The predicted molar refractivity (Wildman–Crippen MR) is 106 cm³/mol. The van der Waals surface area contributed by atoms with Gasteiger partial charge in [-0.05, 0) is 37.6 Å². The van der Waals surface area contributed by atoms with Gasteiger partial charge in [0.15, 0.2) is 0 Å². The quantitative estimate of drug-likeness (QED) is 0.860. The average Bonchev–Trinajstić information content (AvgIpc) is 2.65. The van der Waals surface area contributed by atoms with Gasteiger partial charge in [0.25, 0.3) is 0 Å². The Kier molecular flexibility index (Phi) is 5.81. The maximum Gasteiger partial charge on any atom is 0.249 e. The van der Waals surface area contributed by atoms with E-state index in [9.17, 15) is 4.79 Å². The molecule has 0 unspecified atom stereocenters. The predicted octanol–water partition coefficient (Wildman–Crippen LogP) is 2.94. The van der Waals surface area contributed by atoms with E-state index in [4.69, 9.17) is 9.47 Å². The van der Waals surface area contributed by atoms with Gasteiger partial charge in [0.05, 0.1) is 20.3 Å². The van der Waals surface area contributed by atoms with Crippen LogP contribution in [0.5, 0.6) is 0 Å². The maximum absolute atomic E-state index is 13.1. The Bertz CT molecular complexity index is 815. The molecule has 0 spiro atoms. The van der Waals surface area contributed by atoms with E-state index in [2.05, 4.69) is 10.6 Å². The minimum Gasteiger partial charge on any atom is -0.497 e. The number of methoxy groups -OCH3 is 1. The first-order valence-electron chi connectivity index (χ1n) is 9.03. The molecule has 1 fully saturated rings. The molecule has 2 N–H and O–H groups in total. The minimum absolute atomic E-state index is 0.0910. The van der Waals surface area contributed by atoms with Gasteiger partial charge in [-0.1, -0.05) is 42.0 Å². The standard InChI is InChI=1S/C22H26N2O3/c1-16-9-10-20(26-3)12-17(2)23-13-18(11-16)21(25)24-22(14-27-15-22)19-7-5-4-6-8-19/h4-12,23H,13-15H2,1-3H3,(H,24,25)/b16-9+,17-12+,18-11+,20-10+. The highest BCUT2D eigenvalue weighted by atomic mass is 16.5. The van der Waals surface area contributed by atoms with Crippen LogP contribution >= 0.6 is 0 Å². The summed E-state index contributed by atoms with van der Waals surface area (Å²) in [4.78, 5) is 13.1. The minimum atomic E-state index is -0.458. The van der Waals surface area contributed by atoms with E-state index < -0.39 is 5.54 Å². The molecule has 1 saturated heterocycles. The van der Waals surface area contributed by atoms with Crippen molar-refractivity contribution in [3.63, 3.8) is 0 Å². The number of carbonyl (C=O) groups is 1. The largest absolute Gasteiger partial charge is 0.497 e. The average molecular weight is 366 g/mol. The summed E-state index contributed by atoms with van der Waals surface area (Å²) in [5.41, 5.74) is 3.18. The van der Waals surface area contributed by atoms with Gasteiger partial charge in [0.2, 0.25) is 5.91 Å². The molecule has 1 aromatic carbocycles. The van der Waals surface area contributed by atoms with Gasteiger partial charge in [-0.3, -0.25) is 4.79 Å². The topological polar surface area (TPSA) is 59.6 Å². The van der Waals surface area contributed by atoms with Crippen LogP contribution in [0.15, 0.2) is 77.2 Å². The lowest BCUT2D eigenvalue weighted by molar-refractivity contribution is -0.130. The van der Waals surface area contributed by atoms with Crippen molar-refractivity contribution in [2.24, 2.45) is 0 Å². The normalized spacial score (nSPS) is 26.9. The lowest BCUT2D eigenvalue weighted by atomic mass is 9.87. The molecular formula is C22H26N2O3. The molecule has 3 rings (SSSR count). The summed E-state index contributed by atoms with van der Waals surface area (Å²) in [6.07, 6.45) is 7.66. The SMILES string of the molecule is COC1=C/C=C(C)/C=C(/C(=O)NC2(c3ccccc3)COC2)CN\C(C)=C\1. The van der Waals surface area contributed by atoms with Crippen molar-refractivity contribution < 1.29 is 14.3 Å². The van der Waals surface area contributed by atoms with E-state index in [1.165, 1.54) is 0 Å². The van der Waals surface area contributed by atoms with Crippen LogP contribution in [0.25, 0.3) is 0 Å². The molecular weight excluding hydrogens is 340 g/mol. The molecule has 2 heterocycles. The molecule has 1 amide bonds. The van der Waals surface area contributed by atoms with Crippen LogP contribution in [0.4, 0.5) is 0 Å². The fourth-order valence-electron chi connectivity index (χ4n) is 3.08. The van der Waals surface area contributed by atoms with Crippen LogP contribution in [0.2, 0.25) is 0 Å². The second-order valence-electron chi connectivity index (χ2n) is 6.93. The summed E-state index contributed by atoms with van der Waals surface area (Å²) in [7, 11) is 1.64. The van der Waals surface area contributed by atoms with E-state index in [0.717, 1.165) is 22.6 Å². The Labute approximate surface area is 160 Å². The molecule has 0 aliphatic carbocycles. The number of hydrogen-bond donors (Lipinski definition) is 2. The van der Waals surface area contributed by atoms with Gasteiger partial charge in [-0.25, -0.2) is 0 Å². The zero-order valence-electron chi connectivity index (χ0n) is 16.0. The van der Waals surface area contributed by atoms with Crippen molar-refractivity contribution in [3.05, 3.63) is 82.8 Å². The number of nitrogens with one attached hydrogen (secondary N) is 2. The molecule has 1 aromatic rings. The van der Waals surface area contributed by atoms with Crippen LogP contribution < -0.4 is 10.6 Å². The lowest BCUT2D eigenvalue weighted by Gasteiger charge is -2.42. The highest BCUT2D eigenvalue weighted by Crippen LogP contribution is 2.29. The Morgan fingerprint density at radius 3 is 2.52 bits per heavy atom. The Balaban J connectivity index is 1.84. The van der Waals surface area contributed by atoms with Crippen LogP contribution in [0.3, 0.4) is 0 Å². The van der Waals surface area contributed by atoms with Crippen LogP contribution in [0.1, 0.15) is 19.4 Å². The van der Waals surface area contributed by atoms with Crippen molar-refractivity contribution >= 4 is 5.91 Å². The van der Waals surface area contributed by atoms with E-state index in [-0.39, 0.29) is 5.91 Å². The summed E-state index contributed by atoms with van der Waals surface area (Å²) in [6, 6.07) is 9.98. The highest BCUT2D eigenvalue weighted by Gasteiger charge is 2.42. The molecule has 5 heteroatoms. The molecule has 5 nitrogen and oxygen atoms in total. The van der Waals surface area contributed by atoms with Gasteiger partial charge in [-0.15, -0.1) is 0 Å². The molecule has 27 heavy (non-hydrogen) atoms. The van der Waals surface area contributed by atoms with E-state index in [1.54, 1.807) is 7.11 Å². The molecule has 0 saturated carbocycles. The van der Waals surface area contributed by atoms with Crippen LogP contribution in [-0.4, -0.2) is 32.8 Å². The monoisotopic (exact) mass is 366 g/mol. The summed E-state index contributed by atoms with van der Waals surface area (Å²) < 4.78 is 10.8. The Hall–Kier alpha value is -2.79. The second-order valence-corrected chi connectivity index (χ2v) is 6.93. The number of hydrogen-bond acceptors (Lipinski definition) is 4. The number of benzene rings is 1. The zero-order chi connectivity index (χ0) is 19.3. The maximum atomic E-state index is 13.1. The third kappa shape index (κ3) is 4.49. The molecule has 142 valence electrons. The summed E-state index contributed by atoms with van der Waals surface area (Å²) in [5.74, 6) is 0.669. The molecule has 0 bridgehead atoms. The second kappa shape index (κ2) is 8.27. The zero-order valence-corrected chi connectivity index (χ0v) is 16.0. The first kappa shape index (κ1) is 19.0. The van der Waals surface area contributed by atoms with Gasteiger partial charge in [0.1, 0.15) is 11.3 Å². The number of allylic oxidation sites excluding steroid dienone is 6. The van der Waals surface area contributed by atoms with Crippen molar-refractivity contribution in [1.82, 2.24) is 10.6 Å². The first-order chi connectivity index (χ1) is 13.0. The van der Waals surface area contributed by atoms with Crippen molar-refractivity contribution in [2.45, 2.75) is 19.4 Å². The first-order valence-corrected chi connectivity index (χ1v) is 9.03. The Morgan fingerprint density at radius 2 is 1.89 bits per heavy atom. The smallest absolute Gasteiger partial charge is 0.249 e. The van der Waals surface area contributed by atoms with Gasteiger partial charge in [-0.2, -0.15) is 0 Å². The number of carbonyl (C=O) groups excluding carboxylic acids is 1. The summed E-state index contributed by atoms with van der Waals surface area (Å²) in [5, 5.41) is 6.48. The van der Waals surface area contributed by atoms with E-state index in [1.807, 2.05) is 68.5 Å². The number of rotatable bonds is 4. The highest BCUT2D eigenvalue weighted by molar-refractivity contribution is 5.95. The Morgan fingerprint density at radius 1 is 1.15 bits per heavy atom. The fraction of sp³-hybridized carbons (Fsp3) is 0.318. The molecule has 0 atom stereocenters. The number of ether oxygens (including phenoxy) is 2. The van der Waals surface area contributed by atoms with Gasteiger partial charge < -0.3 is 20.1 Å². The van der Waals surface area contributed by atoms with E-state index >= 15 is 0 Å². The fourth-order valence-corrected chi connectivity index (χ4v) is 3.08. The van der Waals surface area contributed by atoms with Gasteiger partial charge >= 0.3 is 0 Å². The van der Waals surface area contributed by atoms with Crippen LogP contribution in [0, 0.1) is 0 Å². The molecule has 0 radical (unpaired) electrons. The molecule has 2 aliphatic heterocycles. The number of amides is 1. The van der Waals surface area contributed by atoms with Crippen molar-refractivity contribution in [3.8, 4) is 0 Å². The van der Waals surface area contributed by atoms with Crippen LogP contribution in [-0.2, 0) is 19.8 Å². The third-order valence-corrected chi connectivity index (χ3v) is 4.73. The lowest BCUT2D eigenvalue weighted by Crippen LogP contribution is -2.59. The van der Waals surface area contributed by atoms with E-state index in [0.29, 0.717) is 25.3 Å². The van der Waals surface area contributed by atoms with Gasteiger partial charge in [0, 0.05) is 17.8 Å². The van der Waals surface area contributed by atoms with Crippen molar-refractivity contribution in [2.75, 3.05) is 26.9 Å². The van der Waals surface area contributed by atoms with Crippen molar-refractivity contribution in [1.29, 1.82) is 0 Å². The molecule has 2 aliphatic rings. The summed E-state index contributed by atoms with van der Waals surface area (Å²) >= 11 is 0. The summed E-state index contributed by atoms with van der Waals surface area (Å²) in [6.45, 7) is 5.32. The third-order valence-electron chi connectivity index (χ3n) is 4.73. The molecule has 0 aromatic heterocycles.